The number of hydrogen-bond donors (Lipinski definition) is 1. The summed E-state index contributed by atoms with van der Waals surface area (Å²) in [6.07, 6.45) is 0.695. The van der Waals surface area contributed by atoms with E-state index in [9.17, 15) is 9.18 Å². The van der Waals surface area contributed by atoms with Gasteiger partial charge in [0.25, 0.3) is 5.91 Å². The van der Waals surface area contributed by atoms with Crippen LogP contribution in [-0.2, 0) is 11.2 Å². The number of aromatic nitrogens is 2. The highest BCUT2D eigenvalue weighted by molar-refractivity contribution is 5.94. The van der Waals surface area contributed by atoms with Gasteiger partial charge in [-0.05, 0) is 31.5 Å². The SMILES string of the molecule is C[C@@H]1Cc2c(C(=O)N3CC(c4cccc(F)c4)C3)n[nH]c2[C@H](C)O1. The molecule has 5 nitrogen and oxygen atoms in total. The number of nitrogens with zero attached hydrogens (tertiary/aromatic N) is 2. The third kappa shape index (κ3) is 2.51. The summed E-state index contributed by atoms with van der Waals surface area (Å²) in [7, 11) is 0. The van der Waals surface area contributed by atoms with Crippen molar-refractivity contribution in [3.05, 3.63) is 52.6 Å². The number of nitrogens with one attached hydrogen (secondary N) is 1. The second-order valence-corrected chi connectivity index (χ2v) is 6.72. The summed E-state index contributed by atoms with van der Waals surface area (Å²) in [6, 6.07) is 6.60. The predicted octanol–water partition coefficient (Wildman–Crippen LogP) is 2.81. The van der Waals surface area contributed by atoms with Crippen molar-refractivity contribution in [3.8, 4) is 0 Å². The molecular weight excluding hydrogens is 309 g/mol. The molecule has 0 radical (unpaired) electrons. The second kappa shape index (κ2) is 5.70. The highest BCUT2D eigenvalue weighted by Gasteiger charge is 2.36. The first-order chi connectivity index (χ1) is 11.5. The fourth-order valence-corrected chi connectivity index (χ4v) is 3.62. The van der Waals surface area contributed by atoms with Gasteiger partial charge in [0, 0.05) is 31.0 Å². The van der Waals surface area contributed by atoms with E-state index in [-0.39, 0.29) is 29.9 Å². The molecule has 1 aromatic carbocycles. The van der Waals surface area contributed by atoms with Crippen LogP contribution in [0.3, 0.4) is 0 Å². The van der Waals surface area contributed by atoms with Gasteiger partial charge < -0.3 is 9.64 Å². The molecule has 0 bridgehead atoms. The number of carbonyl (C=O) groups is 1. The van der Waals surface area contributed by atoms with E-state index in [0.717, 1.165) is 16.8 Å². The highest BCUT2D eigenvalue weighted by Crippen LogP contribution is 2.33. The Hall–Kier alpha value is -2.21. The average Bonchev–Trinajstić information content (AvgIpc) is 2.89. The molecule has 24 heavy (non-hydrogen) atoms. The van der Waals surface area contributed by atoms with E-state index in [1.165, 1.54) is 6.07 Å². The second-order valence-electron chi connectivity index (χ2n) is 6.72. The van der Waals surface area contributed by atoms with Crippen molar-refractivity contribution < 1.29 is 13.9 Å². The van der Waals surface area contributed by atoms with Gasteiger partial charge in [0.1, 0.15) is 5.82 Å². The zero-order valence-corrected chi connectivity index (χ0v) is 13.8. The Kier molecular flexibility index (Phi) is 3.64. The molecule has 1 aromatic heterocycles. The molecule has 3 heterocycles. The molecule has 2 atom stereocenters. The van der Waals surface area contributed by atoms with Gasteiger partial charge in [-0.2, -0.15) is 5.10 Å². The van der Waals surface area contributed by atoms with E-state index in [2.05, 4.69) is 10.2 Å². The van der Waals surface area contributed by atoms with Gasteiger partial charge in [-0.25, -0.2) is 4.39 Å². The Balaban J connectivity index is 1.49. The van der Waals surface area contributed by atoms with Crippen LogP contribution in [0.5, 0.6) is 0 Å². The number of halogens is 1. The third-order valence-corrected chi connectivity index (χ3v) is 4.93. The maximum absolute atomic E-state index is 13.3. The number of fused-ring (bicyclic) bond motifs is 1. The van der Waals surface area contributed by atoms with Crippen LogP contribution in [0.1, 0.15) is 53.2 Å². The van der Waals surface area contributed by atoms with Gasteiger partial charge >= 0.3 is 0 Å². The number of benzene rings is 1. The Bertz CT molecular complexity index is 782. The van der Waals surface area contributed by atoms with E-state index >= 15 is 0 Å². The largest absolute Gasteiger partial charge is 0.369 e. The van der Waals surface area contributed by atoms with Crippen molar-refractivity contribution in [3.63, 3.8) is 0 Å². The summed E-state index contributed by atoms with van der Waals surface area (Å²) in [5, 5.41) is 7.20. The lowest BCUT2D eigenvalue weighted by Gasteiger charge is -2.39. The maximum atomic E-state index is 13.3. The van der Waals surface area contributed by atoms with Gasteiger partial charge in [0.05, 0.1) is 17.9 Å². The van der Waals surface area contributed by atoms with Crippen LogP contribution >= 0.6 is 0 Å². The van der Waals surface area contributed by atoms with E-state index < -0.39 is 0 Å². The van der Waals surface area contributed by atoms with E-state index in [0.29, 0.717) is 25.2 Å². The topological polar surface area (TPSA) is 58.2 Å². The van der Waals surface area contributed by atoms with Crippen molar-refractivity contribution in [1.82, 2.24) is 15.1 Å². The number of amides is 1. The maximum Gasteiger partial charge on any atom is 0.274 e. The monoisotopic (exact) mass is 329 g/mol. The molecule has 1 amide bonds. The van der Waals surface area contributed by atoms with E-state index in [1.54, 1.807) is 17.0 Å². The third-order valence-electron chi connectivity index (χ3n) is 4.93. The number of carbonyl (C=O) groups excluding carboxylic acids is 1. The van der Waals surface area contributed by atoms with Gasteiger partial charge in [-0.15, -0.1) is 0 Å². The minimum atomic E-state index is -0.235. The number of rotatable bonds is 2. The number of aromatic amines is 1. The number of ether oxygens (including phenoxy) is 1. The van der Waals surface area contributed by atoms with Gasteiger partial charge in [0.2, 0.25) is 0 Å². The van der Waals surface area contributed by atoms with Crippen LogP contribution in [0.4, 0.5) is 4.39 Å². The molecule has 0 aliphatic carbocycles. The van der Waals surface area contributed by atoms with Gasteiger partial charge in [0.15, 0.2) is 5.69 Å². The molecule has 0 spiro atoms. The lowest BCUT2D eigenvalue weighted by Crippen LogP contribution is -2.48. The van der Waals surface area contributed by atoms with Crippen LogP contribution in [-0.4, -0.2) is 40.2 Å². The minimum absolute atomic E-state index is 0.0542. The molecular formula is C18H20FN3O2. The lowest BCUT2D eigenvalue weighted by molar-refractivity contribution is -0.00706. The normalized spacial score (nSPS) is 23.7. The van der Waals surface area contributed by atoms with Crippen molar-refractivity contribution in [2.45, 2.75) is 38.4 Å². The fourth-order valence-electron chi connectivity index (χ4n) is 3.62. The Labute approximate surface area is 139 Å². The summed E-state index contributed by atoms with van der Waals surface area (Å²) in [6.45, 7) is 5.17. The van der Waals surface area contributed by atoms with E-state index in [1.807, 2.05) is 19.9 Å². The minimum Gasteiger partial charge on any atom is -0.369 e. The van der Waals surface area contributed by atoms with Gasteiger partial charge in [-0.3, -0.25) is 9.89 Å². The van der Waals surface area contributed by atoms with Crippen LogP contribution in [0.25, 0.3) is 0 Å². The first-order valence-electron chi connectivity index (χ1n) is 8.30. The molecule has 1 saturated heterocycles. The number of hydrogen-bond acceptors (Lipinski definition) is 3. The molecule has 4 rings (SSSR count). The smallest absolute Gasteiger partial charge is 0.274 e. The Morgan fingerprint density at radius 1 is 1.38 bits per heavy atom. The molecule has 0 saturated carbocycles. The first kappa shape index (κ1) is 15.3. The average molecular weight is 329 g/mol. The fraction of sp³-hybridized carbons (Fsp3) is 0.444. The summed E-state index contributed by atoms with van der Waals surface area (Å²) in [5.41, 5.74) is 3.32. The summed E-state index contributed by atoms with van der Waals surface area (Å²) >= 11 is 0. The highest BCUT2D eigenvalue weighted by atomic mass is 19.1. The van der Waals surface area contributed by atoms with Crippen LogP contribution in [0.15, 0.2) is 24.3 Å². The van der Waals surface area contributed by atoms with Crippen molar-refractivity contribution in [2.24, 2.45) is 0 Å². The molecule has 0 unspecified atom stereocenters. The molecule has 1 N–H and O–H groups in total. The first-order valence-corrected chi connectivity index (χ1v) is 8.30. The quantitative estimate of drug-likeness (QED) is 0.922. The van der Waals surface area contributed by atoms with Crippen LogP contribution in [0, 0.1) is 5.82 Å². The molecule has 6 heteroatoms. The van der Waals surface area contributed by atoms with Crippen molar-refractivity contribution in [2.75, 3.05) is 13.1 Å². The summed E-state index contributed by atoms with van der Waals surface area (Å²) in [4.78, 5) is 14.5. The molecule has 126 valence electrons. The Morgan fingerprint density at radius 2 is 2.17 bits per heavy atom. The summed E-state index contributed by atoms with van der Waals surface area (Å²) in [5.74, 6) is -0.0938. The Morgan fingerprint density at radius 3 is 2.92 bits per heavy atom. The summed E-state index contributed by atoms with van der Waals surface area (Å²) < 4.78 is 19.1. The van der Waals surface area contributed by atoms with Crippen molar-refractivity contribution in [1.29, 1.82) is 0 Å². The molecule has 2 aromatic rings. The molecule has 2 aliphatic heterocycles. The van der Waals surface area contributed by atoms with Crippen molar-refractivity contribution >= 4 is 5.91 Å². The molecule has 1 fully saturated rings. The van der Waals surface area contributed by atoms with Crippen LogP contribution in [0.2, 0.25) is 0 Å². The standard InChI is InChI=1S/C18H20FN3O2/c1-10-6-15-16(11(2)24-10)20-21-17(15)18(23)22-8-13(9-22)12-4-3-5-14(19)7-12/h3-5,7,10-11,13H,6,8-9H2,1-2H3,(H,20,21)/t10-,11+/m1/s1. The van der Waals surface area contributed by atoms with Gasteiger partial charge in [-0.1, -0.05) is 12.1 Å². The predicted molar refractivity (Wildman–Crippen MR) is 86.3 cm³/mol. The number of H-pyrrole nitrogens is 1. The zero-order valence-electron chi connectivity index (χ0n) is 13.8. The molecule has 2 aliphatic rings. The van der Waals surface area contributed by atoms with E-state index in [4.69, 9.17) is 4.74 Å². The lowest BCUT2D eigenvalue weighted by atomic mass is 9.90. The van der Waals surface area contributed by atoms with Crippen LogP contribution < -0.4 is 0 Å². The number of likely N-dealkylation sites (tertiary alicyclic amines) is 1. The zero-order chi connectivity index (χ0) is 16.8.